The Morgan fingerprint density at radius 2 is 1.72 bits per heavy atom. The largest absolute Gasteiger partial charge is 0.382 e. The molecule has 1 aromatic carbocycles. The molecule has 0 saturated carbocycles. The van der Waals surface area contributed by atoms with E-state index in [1.165, 1.54) is 0 Å². The number of carbonyl (C=O) groups excluding carboxylic acids is 1. The maximum atomic E-state index is 12.5. The summed E-state index contributed by atoms with van der Waals surface area (Å²) in [5, 5.41) is -0.610. The summed E-state index contributed by atoms with van der Waals surface area (Å²) in [5.41, 5.74) is 0.856. The predicted octanol–water partition coefficient (Wildman–Crippen LogP) is 3.83. The molecule has 0 atom stereocenters. The summed E-state index contributed by atoms with van der Waals surface area (Å²) >= 11 is 0. The minimum Gasteiger partial charge on any atom is -0.382 e. The molecule has 0 unspecified atom stereocenters. The van der Waals surface area contributed by atoms with E-state index in [0.29, 0.717) is 31.3 Å². The zero-order valence-electron chi connectivity index (χ0n) is 16.2. The van der Waals surface area contributed by atoms with E-state index in [9.17, 15) is 13.2 Å². The molecule has 6 heteroatoms. The Labute approximate surface area is 152 Å². The SMILES string of the molecule is CC(C)CC(=O)N(Cc1cccc(OS(=O)(=O)C(C)C)c1)CC(C)C. The van der Waals surface area contributed by atoms with E-state index < -0.39 is 15.4 Å². The van der Waals surface area contributed by atoms with Crippen LogP contribution in [0.1, 0.15) is 53.5 Å². The van der Waals surface area contributed by atoms with Crippen molar-refractivity contribution in [2.45, 2.75) is 59.8 Å². The van der Waals surface area contributed by atoms with Crippen LogP contribution in [0.25, 0.3) is 0 Å². The predicted molar refractivity (Wildman–Crippen MR) is 101 cm³/mol. The molecule has 0 radical (unpaired) electrons. The van der Waals surface area contributed by atoms with Crippen molar-refractivity contribution in [1.29, 1.82) is 0 Å². The highest BCUT2D eigenvalue weighted by atomic mass is 32.2. The van der Waals surface area contributed by atoms with Gasteiger partial charge in [-0.15, -0.1) is 0 Å². The quantitative estimate of drug-likeness (QED) is 0.621. The Hall–Kier alpha value is -1.56. The molecule has 0 aliphatic heterocycles. The van der Waals surface area contributed by atoms with Gasteiger partial charge in [0.05, 0.1) is 5.25 Å². The molecule has 0 aliphatic rings. The van der Waals surface area contributed by atoms with Gasteiger partial charge in [-0.25, -0.2) is 0 Å². The number of hydrogen-bond donors (Lipinski definition) is 0. The number of benzene rings is 1. The van der Waals surface area contributed by atoms with E-state index in [-0.39, 0.29) is 11.7 Å². The lowest BCUT2D eigenvalue weighted by atomic mass is 10.1. The minimum absolute atomic E-state index is 0.116. The molecule has 1 aromatic rings. The molecular formula is C19H31NO4S. The molecule has 142 valence electrons. The lowest BCUT2D eigenvalue weighted by Crippen LogP contribution is -2.34. The third-order valence-corrected chi connectivity index (χ3v) is 5.16. The van der Waals surface area contributed by atoms with E-state index in [1.54, 1.807) is 32.0 Å². The first-order valence-corrected chi connectivity index (χ1v) is 10.3. The highest BCUT2D eigenvalue weighted by molar-refractivity contribution is 7.87. The number of nitrogens with zero attached hydrogens (tertiary/aromatic N) is 1. The molecule has 0 bridgehead atoms. The average Bonchev–Trinajstić information content (AvgIpc) is 2.45. The highest BCUT2D eigenvalue weighted by Gasteiger charge is 2.20. The minimum atomic E-state index is -3.63. The Balaban J connectivity index is 2.94. The summed E-state index contributed by atoms with van der Waals surface area (Å²) in [6, 6.07) is 6.94. The zero-order chi connectivity index (χ0) is 19.2. The normalized spacial score (nSPS) is 12.0. The third kappa shape index (κ3) is 7.46. The molecule has 0 aromatic heterocycles. The van der Waals surface area contributed by atoms with Crippen LogP contribution in [0, 0.1) is 11.8 Å². The van der Waals surface area contributed by atoms with Crippen molar-refractivity contribution in [3.63, 3.8) is 0 Å². The maximum absolute atomic E-state index is 12.5. The van der Waals surface area contributed by atoms with Gasteiger partial charge < -0.3 is 9.08 Å². The van der Waals surface area contributed by atoms with Crippen LogP contribution in [0.15, 0.2) is 24.3 Å². The first kappa shape index (κ1) is 21.5. The summed E-state index contributed by atoms with van der Waals surface area (Å²) < 4.78 is 29.0. The monoisotopic (exact) mass is 369 g/mol. The van der Waals surface area contributed by atoms with Crippen molar-refractivity contribution >= 4 is 16.0 Å². The molecule has 0 spiro atoms. The number of carbonyl (C=O) groups is 1. The molecule has 0 aliphatic carbocycles. The van der Waals surface area contributed by atoms with Crippen LogP contribution >= 0.6 is 0 Å². The van der Waals surface area contributed by atoms with E-state index in [2.05, 4.69) is 13.8 Å². The van der Waals surface area contributed by atoms with Gasteiger partial charge in [0.2, 0.25) is 5.91 Å². The van der Waals surface area contributed by atoms with Crippen LogP contribution in [0.5, 0.6) is 5.75 Å². The van der Waals surface area contributed by atoms with Gasteiger partial charge in [0.1, 0.15) is 5.75 Å². The average molecular weight is 370 g/mol. The standard InChI is InChI=1S/C19H31NO4S/c1-14(2)10-19(21)20(12-15(3)4)13-17-8-7-9-18(11-17)24-25(22,23)16(5)6/h7-9,11,14-16H,10,12-13H2,1-6H3. The van der Waals surface area contributed by atoms with Crippen LogP contribution in [0.3, 0.4) is 0 Å². The van der Waals surface area contributed by atoms with Crippen molar-refractivity contribution in [2.24, 2.45) is 11.8 Å². The van der Waals surface area contributed by atoms with Crippen molar-refractivity contribution < 1.29 is 17.4 Å². The van der Waals surface area contributed by atoms with Crippen LogP contribution in [0.2, 0.25) is 0 Å². The van der Waals surface area contributed by atoms with Crippen LogP contribution < -0.4 is 4.18 Å². The Morgan fingerprint density at radius 1 is 1.08 bits per heavy atom. The first-order valence-electron chi connectivity index (χ1n) is 8.81. The summed E-state index contributed by atoms with van der Waals surface area (Å²) in [7, 11) is -3.63. The first-order chi connectivity index (χ1) is 11.5. The Morgan fingerprint density at radius 3 is 2.24 bits per heavy atom. The van der Waals surface area contributed by atoms with Gasteiger partial charge in [0.25, 0.3) is 0 Å². The van der Waals surface area contributed by atoms with E-state index in [0.717, 1.165) is 5.56 Å². The molecule has 5 nitrogen and oxygen atoms in total. The lowest BCUT2D eigenvalue weighted by Gasteiger charge is -2.26. The summed E-state index contributed by atoms with van der Waals surface area (Å²) in [5.74, 6) is 1.06. The molecule has 0 N–H and O–H groups in total. The molecule has 1 amide bonds. The molecule has 1 rings (SSSR count). The fraction of sp³-hybridized carbons (Fsp3) is 0.632. The fourth-order valence-electron chi connectivity index (χ4n) is 2.32. The molecule has 25 heavy (non-hydrogen) atoms. The highest BCUT2D eigenvalue weighted by Crippen LogP contribution is 2.19. The number of amides is 1. The van der Waals surface area contributed by atoms with Crippen molar-refractivity contribution in [2.75, 3.05) is 6.54 Å². The van der Waals surface area contributed by atoms with E-state index in [1.807, 2.05) is 24.8 Å². The maximum Gasteiger partial charge on any atom is 0.311 e. The summed E-state index contributed by atoms with van der Waals surface area (Å²) in [6.07, 6.45) is 0.505. The van der Waals surface area contributed by atoms with Crippen LogP contribution in [-0.4, -0.2) is 31.0 Å². The number of rotatable bonds is 9. The second-order valence-electron chi connectivity index (χ2n) is 7.54. The van der Waals surface area contributed by atoms with Gasteiger partial charge in [-0.3, -0.25) is 4.79 Å². The van der Waals surface area contributed by atoms with Gasteiger partial charge in [0.15, 0.2) is 0 Å². The fourth-order valence-corrected chi connectivity index (χ4v) is 2.88. The third-order valence-electron chi connectivity index (χ3n) is 3.58. The van der Waals surface area contributed by atoms with Gasteiger partial charge >= 0.3 is 10.1 Å². The topological polar surface area (TPSA) is 63.7 Å². The Kier molecular flexibility index (Phi) is 7.93. The number of hydrogen-bond acceptors (Lipinski definition) is 4. The van der Waals surface area contributed by atoms with E-state index >= 15 is 0 Å². The summed E-state index contributed by atoms with van der Waals surface area (Å²) in [6.45, 7) is 12.5. The Bertz CT molecular complexity index is 666. The molecule has 0 saturated heterocycles. The van der Waals surface area contributed by atoms with Crippen LogP contribution in [-0.2, 0) is 21.5 Å². The van der Waals surface area contributed by atoms with Gasteiger partial charge in [0, 0.05) is 19.5 Å². The van der Waals surface area contributed by atoms with Crippen molar-refractivity contribution in [1.82, 2.24) is 4.90 Å². The van der Waals surface area contributed by atoms with Crippen molar-refractivity contribution in [3.8, 4) is 5.75 Å². The van der Waals surface area contributed by atoms with Gasteiger partial charge in [-0.2, -0.15) is 8.42 Å². The van der Waals surface area contributed by atoms with Gasteiger partial charge in [-0.05, 0) is 43.4 Å². The molecule has 0 fully saturated rings. The van der Waals surface area contributed by atoms with Crippen LogP contribution in [0.4, 0.5) is 0 Å². The smallest absolute Gasteiger partial charge is 0.311 e. The molecular weight excluding hydrogens is 338 g/mol. The van der Waals surface area contributed by atoms with Crippen molar-refractivity contribution in [3.05, 3.63) is 29.8 Å². The second-order valence-corrected chi connectivity index (χ2v) is 9.63. The van der Waals surface area contributed by atoms with E-state index in [4.69, 9.17) is 4.18 Å². The summed E-state index contributed by atoms with van der Waals surface area (Å²) in [4.78, 5) is 14.3. The zero-order valence-corrected chi connectivity index (χ0v) is 17.0. The van der Waals surface area contributed by atoms with Gasteiger partial charge in [-0.1, -0.05) is 39.8 Å². The second kappa shape index (κ2) is 9.22. The lowest BCUT2D eigenvalue weighted by molar-refractivity contribution is -0.133. The molecule has 0 heterocycles.